The van der Waals surface area contributed by atoms with Gasteiger partial charge < -0.3 is 15.3 Å². The molecule has 0 aromatic rings. The summed E-state index contributed by atoms with van der Waals surface area (Å²) in [6, 6.07) is 0. The van der Waals surface area contributed by atoms with Gasteiger partial charge in [-0.05, 0) is 37.5 Å². The van der Waals surface area contributed by atoms with Gasteiger partial charge in [0.1, 0.15) is 0 Å². The van der Waals surface area contributed by atoms with Crippen LogP contribution in [0.5, 0.6) is 0 Å². The van der Waals surface area contributed by atoms with Gasteiger partial charge in [-0.2, -0.15) is 0 Å². The van der Waals surface area contributed by atoms with Crippen LogP contribution in [0.4, 0.5) is 0 Å². The summed E-state index contributed by atoms with van der Waals surface area (Å²) in [6.45, 7) is 4.34. The quantitative estimate of drug-likeness (QED) is 0.641. The van der Waals surface area contributed by atoms with E-state index < -0.39 is 12.2 Å². The molecule has 2 rings (SSSR count). The average molecular weight is 240 g/mol. The van der Waals surface area contributed by atoms with E-state index in [4.69, 9.17) is 0 Å². The standard InChI is InChI=1S/C14H24O3/c1-8(7-15)10-3-4-11-6-13(16)14(17)9(2)12(11)5-10/h8-10,13-17H,3-7H2,1-2H3/t8-,9-,10+,13+,14+/m0/s1. The average Bonchev–Trinajstić information content (AvgIpc) is 2.35. The van der Waals surface area contributed by atoms with Crippen LogP contribution in [0.15, 0.2) is 11.1 Å². The minimum absolute atomic E-state index is 0.0717. The molecule has 0 aliphatic heterocycles. The van der Waals surface area contributed by atoms with Gasteiger partial charge in [0.15, 0.2) is 0 Å². The van der Waals surface area contributed by atoms with Gasteiger partial charge in [0.2, 0.25) is 0 Å². The summed E-state index contributed by atoms with van der Waals surface area (Å²) in [5.41, 5.74) is 2.70. The lowest BCUT2D eigenvalue weighted by Gasteiger charge is -2.40. The Morgan fingerprint density at radius 1 is 1.29 bits per heavy atom. The molecular formula is C14H24O3. The highest BCUT2D eigenvalue weighted by molar-refractivity contribution is 5.26. The van der Waals surface area contributed by atoms with Crippen molar-refractivity contribution >= 4 is 0 Å². The second kappa shape index (κ2) is 5.09. The molecule has 0 unspecified atom stereocenters. The second-order valence-electron chi connectivity index (χ2n) is 5.84. The Bertz CT molecular complexity index is 311. The Balaban J connectivity index is 2.15. The Kier molecular flexibility index (Phi) is 3.91. The van der Waals surface area contributed by atoms with E-state index in [1.807, 2.05) is 6.92 Å². The molecule has 0 saturated heterocycles. The summed E-state index contributed by atoms with van der Waals surface area (Å²) in [6.07, 6.45) is 2.56. The molecule has 0 radical (unpaired) electrons. The zero-order valence-corrected chi connectivity index (χ0v) is 10.8. The van der Waals surface area contributed by atoms with Crippen molar-refractivity contribution in [3.63, 3.8) is 0 Å². The number of aliphatic hydroxyl groups is 3. The van der Waals surface area contributed by atoms with Crippen molar-refractivity contribution in [3.05, 3.63) is 11.1 Å². The summed E-state index contributed by atoms with van der Waals surface area (Å²) in [5.74, 6) is 0.936. The van der Waals surface area contributed by atoms with Crippen molar-refractivity contribution in [2.24, 2.45) is 17.8 Å². The van der Waals surface area contributed by atoms with Gasteiger partial charge in [0, 0.05) is 12.5 Å². The monoisotopic (exact) mass is 240 g/mol. The maximum Gasteiger partial charge on any atom is 0.0864 e. The SMILES string of the molecule is C[C@@H](CO)[C@@H]1CCC2=C(C1)[C@H](C)[C@@H](O)[C@H](O)C2. The van der Waals surface area contributed by atoms with Crippen molar-refractivity contribution < 1.29 is 15.3 Å². The van der Waals surface area contributed by atoms with E-state index in [1.165, 1.54) is 11.1 Å². The van der Waals surface area contributed by atoms with Crippen LogP contribution < -0.4 is 0 Å². The largest absolute Gasteiger partial charge is 0.396 e. The number of rotatable bonds is 2. The molecule has 2 aliphatic rings. The minimum Gasteiger partial charge on any atom is -0.396 e. The topological polar surface area (TPSA) is 60.7 Å². The van der Waals surface area contributed by atoms with Gasteiger partial charge in [-0.3, -0.25) is 0 Å². The zero-order chi connectivity index (χ0) is 12.6. The molecule has 0 spiro atoms. The summed E-state index contributed by atoms with van der Waals surface area (Å²) < 4.78 is 0. The van der Waals surface area contributed by atoms with Crippen molar-refractivity contribution in [3.8, 4) is 0 Å². The Hall–Kier alpha value is -0.380. The Morgan fingerprint density at radius 3 is 2.65 bits per heavy atom. The molecule has 2 aliphatic carbocycles. The maximum atomic E-state index is 9.93. The van der Waals surface area contributed by atoms with Crippen LogP contribution in [-0.2, 0) is 0 Å². The predicted octanol–water partition coefficient (Wildman–Crippen LogP) is 1.47. The fourth-order valence-electron chi connectivity index (χ4n) is 3.34. The van der Waals surface area contributed by atoms with E-state index in [0.717, 1.165) is 19.3 Å². The van der Waals surface area contributed by atoms with Crippen molar-refractivity contribution in [1.29, 1.82) is 0 Å². The molecule has 0 fully saturated rings. The van der Waals surface area contributed by atoms with E-state index in [-0.39, 0.29) is 12.5 Å². The first-order chi connectivity index (χ1) is 8.04. The number of aliphatic hydroxyl groups excluding tert-OH is 3. The molecule has 0 heterocycles. The highest BCUT2D eigenvalue weighted by Crippen LogP contribution is 2.43. The zero-order valence-electron chi connectivity index (χ0n) is 10.8. The van der Waals surface area contributed by atoms with Crippen LogP contribution >= 0.6 is 0 Å². The first-order valence-electron chi connectivity index (χ1n) is 6.72. The van der Waals surface area contributed by atoms with Crippen LogP contribution in [0.3, 0.4) is 0 Å². The van der Waals surface area contributed by atoms with Crippen LogP contribution in [0, 0.1) is 17.8 Å². The molecule has 0 aromatic carbocycles. The fraction of sp³-hybridized carbons (Fsp3) is 0.857. The van der Waals surface area contributed by atoms with Gasteiger partial charge in [-0.15, -0.1) is 0 Å². The fourth-order valence-corrected chi connectivity index (χ4v) is 3.34. The summed E-state index contributed by atoms with van der Waals surface area (Å²) in [4.78, 5) is 0. The Morgan fingerprint density at radius 2 is 2.00 bits per heavy atom. The molecule has 0 bridgehead atoms. The highest BCUT2D eigenvalue weighted by atomic mass is 16.3. The third kappa shape index (κ3) is 2.42. The first-order valence-corrected chi connectivity index (χ1v) is 6.72. The second-order valence-corrected chi connectivity index (χ2v) is 5.84. The molecule has 0 saturated carbocycles. The lowest BCUT2D eigenvalue weighted by Crippen LogP contribution is -2.39. The van der Waals surface area contributed by atoms with E-state index >= 15 is 0 Å². The smallest absolute Gasteiger partial charge is 0.0864 e. The number of hydrogen-bond donors (Lipinski definition) is 3. The maximum absolute atomic E-state index is 9.93. The predicted molar refractivity (Wildman–Crippen MR) is 66.4 cm³/mol. The summed E-state index contributed by atoms with van der Waals surface area (Å²) >= 11 is 0. The van der Waals surface area contributed by atoms with Crippen LogP contribution in [0.2, 0.25) is 0 Å². The highest BCUT2D eigenvalue weighted by Gasteiger charge is 2.37. The van der Waals surface area contributed by atoms with Crippen molar-refractivity contribution in [2.75, 3.05) is 6.61 Å². The van der Waals surface area contributed by atoms with E-state index in [9.17, 15) is 15.3 Å². The van der Waals surface area contributed by atoms with E-state index in [0.29, 0.717) is 18.3 Å². The lowest BCUT2D eigenvalue weighted by atomic mass is 9.69. The third-order valence-corrected chi connectivity index (χ3v) is 4.76. The lowest BCUT2D eigenvalue weighted by molar-refractivity contribution is -0.0155. The number of hydrogen-bond acceptors (Lipinski definition) is 3. The Labute approximate surface area is 103 Å². The van der Waals surface area contributed by atoms with Crippen LogP contribution in [-0.4, -0.2) is 34.1 Å². The molecular weight excluding hydrogens is 216 g/mol. The van der Waals surface area contributed by atoms with E-state index in [1.54, 1.807) is 0 Å². The molecule has 0 amide bonds. The van der Waals surface area contributed by atoms with Crippen molar-refractivity contribution in [2.45, 2.75) is 51.7 Å². The van der Waals surface area contributed by atoms with E-state index in [2.05, 4.69) is 6.92 Å². The van der Waals surface area contributed by atoms with Gasteiger partial charge in [-0.25, -0.2) is 0 Å². The molecule has 3 heteroatoms. The molecule has 0 aromatic heterocycles. The molecule has 3 nitrogen and oxygen atoms in total. The van der Waals surface area contributed by atoms with Crippen LogP contribution in [0.25, 0.3) is 0 Å². The van der Waals surface area contributed by atoms with Gasteiger partial charge in [-0.1, -0.05) is 25.0 Å². The molecule has 17 heavy (non-hydrogen) atoms. The third-order valence-electron chi connectivity index (χ3n) is 4.76. The summed E-state index contributed by atoms with van der Waals surface area (Å²) in [7, 11) is 0. The molecule has 3 N–H and O–H groups in total. The summed E-state index contributed by atoms with van der Waals surface area (Å²) in [5, 5.41) is 29.0. The molecule has 5 atom stereocenters. The van der Waals surface area contributed by atoms with Gasteiger partial charge in [0.25, 0.3) is 0 Å². The van der Waals surface area contributed by atoms with Crippen LogP contribution in [0.1, 0.15) is 39.5 Å². The minimum atomic E-state index is -0.614. The molecule has 98 valence electrons. The van der Waals surface area contributed by atoms with Gasteiger partial charge >= 0.3 is 0 Å². The first kappa shape index (κ1) is 13.1. The van der Waals surface area contributed by atoms with Gasteiger partial charge in [0.05, 0.1) is 12.2 Å². The van der Waals surface area contributed by atoms with Crippen molar-refractivity contribution in [1.82, 2.24) is 0 Å². The normalized spacial score (nSPS) is 40.1.